The number of hydrogen-bond acceptors (Lipinski definition) is 5. The fourth-order valence-corrected chi connectivity index (χ4v) is 4.51. The summed E-state index contributed by atoms with van der Waals surface area (Å²) in [6.07, 6.45) is 0.634. The molecular weight excluding hydrogens is 276 g/mol. The highest BCUT2D eigenvalue weighted by Gasteiger charge is 2.35. The van der Waals surface area contributed by atoms with E-state index in [9.17, 15) is 13.5 Å². The number of benzene rings is 1. The van der Waals surface area contributed by atoms with Crippen LogP contribution < -0.4 is 5.73 Å². The van der Waals surface area contributed by atoms with Crippen LogP contribution in [-0.2, 0) is 15.4 Å². The fourth-order valence-electron chi connectivity index (χ4n) is 2.70. The van der Waals surface area contributed by atoms with Gasteiger partial charge in [-0.2, -0.15) is 0 Å². The molecule has 20 heavy (non-hydrogen) atoms. The first-order valence-electron chi connectivity index (χ1n) is 6.72. The van der Waals surface area contributed by atoms with Crippen LogP contribution in [0.4, 0.5) is 0 Å². The molecule has 6 heteroatoms. The highest BCUT2D eigenvalue weighted by molar-refractivity contribution is 7.91. The van der Waals surface area contributed by atoms with Crippen molar-refractivity contribution in [2.45, 2.75) is 18.0 Å². The Labute approximate surface area is 120 Å². The largest absolute Gasteiger partial charge is 0.394 e. The average Bonchev–Trinajstić information content (AvgIpc) is 2.80. The molecule has 1 aliphatic rings. The number of rotatable bonds is 5. The van der Waals surface area contributed by atoms with Crippen molar-refractivity contribution in [3.05, 3.63) is 35.9 Å². The second-order valence-electron chi connectivity index (χ2n) is 5.65. The monoisotopic (exact) mass is 298 g/mol. The summed E-state index contributed by atoms with van der Waals surface area (Å²) in [5.41, 5.74) is 6.30. The van der Waals surface area contributed by atoms with Gasteiger partial charge in [-0.3, -0.25) is 0 Å². The number of aliphatic hydroxyl groups is 1. The Morgan fingerprint density at radius 1 is 1.40 bits per heavy atom. The predicted octanol–water partition coefficient (Wildman–Crippen LogP) is -0.0482. The Morgan fingerprint density at radius 2 is 2.05 bits per heavy atom. The number of nitrogens with zero attached hydrogens (tertiary/aromatic N) is 1. The SMILES string of the molecule is CN(CC(N)(CO)c1ccccc1)C1CCS(=O)(=O)C1. The van der Waals surface area contributed by atoms with E-state index < -0.39 is 15.4 Å². The summed E-state index contributed by atoms with van der Waals surface area (Å²) in [6, 6.07) is 9.41. The lowest BCUT2D eigenvalue weighted by Crippen LogP contribution is -2.52. The van der Waals surface area contributed by atoms with Crippen LogP contribution >= 0.6 is 0 Å². The van der Waals surface area contributed by atoms with Crippen molar-refractivity contribution in [1.82, 2.24) is 4.90 Å². The van der Waals surface area contributed by atoms with E-state index in [0.717, 1.165) is 5.56 Å². The molecule has 0 radical (unpaired) electrons. The van der Waals surface area contributed by atoms with Crippen LogP contribution in [-0.4, -0.2) is 56.2 Å². The number of likely N-dealkylation sites (N-methyl/N-ethyl adjacent to an activating group) is 1. The van der Waals surface area contributed by atoms with E-state index in [4.69, 9.17) is 5.73 Å². The molecule has 1 aliphatic heterocycles. The normalized spacial score (nSPS) is 24.7. The first-order chi connectivity index (χ1) is 9.36. The molecule has 1 heterocycles. The van der Waals surface area contributed by atoms with E-state index in [1.165, 1.54) is 0 Å². The second kappa shape index (κ2) is 5.81. The van der Waals surface area contributed by atoms with Crippen molar-refractivity contribution in [1.29, 1.82) is 0 Å². The first kappa shape index (κ1) is 15.4. The Bertz CT molecular complexity index is 547. The molecule has 1 aromatic carbocycles. The van der Waals surface area contributed by atoms with Crippen LogP contribution in [0.15, 0.2) is 30.3 Å². The molecule has 1 fully saturated rings. The van der Waals surface area contributed by atoms with E-state index in [2.05, 4.69) is 0 Å². The molecule has 2 rings (SSSR count). The molecule has 0 aliphatic carbocycles. The molecule has 0 amide bonds. The van der Waals surface area contributed by atoms with Gasteiger partial charge in [-0.15, -0.1) is 0 Å². The average molecular weight is 298 g/mol. The highest BCUT2D eigenvalue weighted by atomic mass is 32.2. The third-order valence-corrected chi connectivity index (χ3v) is 5.74. The lowest BCUT2D eigenvalue weighted by Gasteiger charge is -2.35. The lowest BCUT2D eigenvalue weighted by molar-refractivity contribution is 0.132. The second-order valence-corrected chi connectivity index (χ2v) is 7.88. The standard InChI is InChI=1S/C14H22N2O3S/c1-16(13-7-8-20(18,19)9-13)10-14(15,11-17)12-5-3-2-4-6-12/h2-6,13,17H,7-11,15H2,1H3. The van der Waals surface area contributed by atoms with Gasteiger partial charge in [0.25, 0.3) is 0 Å². The van der Waals surface area contributed by atoms with Crippen molar-refractivity contribution in [2.75, 3.05) is 31.7 Å². The fraction of sp³-hybridized carbons (Fsp3) is 0.571. The zero-order chi connectivity index (χ0) is 14.8. The van der Waals surface area contributed by atoms with Crippen LogP contribution in [0.2, 0.25) is 0 Å². The maximum absolute atomic E-state index is 11.5. The van der Waals surface area contributed by atoms with Gasteiger partial charge in [0.15, 0.2) is 9.84 Å². The molecule has 2 atom stereocenters. The molecule has 5 nitrogen and oxygen atoms in total. The van der Waals surface area contributed by atoms with Crippen LogP contribution in [0.1, 0.15) is 12.0 Å². The number of nitrogens with two attached hydrogens (primary N) is 1. The van der Waals surface area contributed by atoms with E-state index in [1.54, 1.807) is 0 Å². The van der Waals surface area contributed by atoms with Crippen molar-refractivity contribution < 1.29 is 13.5 Å². The molecule has 0 aromatic heterocycles. The van der Waals surface area contributed by atoms with Crippen LogP contribution in [0.3, 0.4) is 0 Å². The van der Waals surface area contributed by atoms with Gasteiger partial charge < -0.3 is 15.7 Å². The van der Waals surface area contributed by atoms with Crippen molar-refractivity contribution >= 4 is 9.84 Å². The Morgan fingerprint density at radius 3 is 2.55 bits per heavy atom. The highest BCUT2D eigenvalue weighted by Crippen LogP contribution is 2.23. The van der Waals surface area contributed by atoms with Crippen molar-refractivity contribution in [3.8, 4) is 0 Å². The smallest absolute Gasteiger partial charge is 0.151 e. The van der Waals surface area contributed by atoms with Gasteiger partial charge in [-0.05, 0) is 19.0 Å². The van der Waals surface area contributed by atoms with Crippen LogP contribution in [0.25, 0.3) is 0 Å². The molecule has 1 saturated heterocycles. The third kappa shape index (κ3) is 3.38. The van der Waals surface area contributed by atoms with E-state index in [0.29, 0.717) is 13.0 Å². The zero-order valence-electron chi connectivity index (χ0n) is 11.7. The summed E-state index contributed by atoms with van der Waals surface area (Å²) in [7, 11) is -1.05. The Hall–Kier alpha value is -0.950. The molecular formula is C14H22N2O3S. The lowest BCUT2D eigenvalue weighted by atomic mass is 9.91. The van der Waals surface area contributed by atoms with Gasteiger partial charge in [0.2, 0.25) is 0 Å². The summed E-state index contributed by atoms with van der Waals surface area (Å²) in [5, 5.41) is 9.66. The van der Waals surface area contributed by atoms with E-state index >= 15 is 0 Å². The molecule has 1 aromatic rings. The quantitative estimate of drug-likeness (QED) is 0.796. The summed E-state index contributed by atoms with van der Waals surface area (Å²) in [4.78, 5) is 1.95. The van der Waals surface area contributed by atoms with Crippen molar-refractivity contribution in [2.24, 2.45) is 5.73 Å². The number of hydrogen-bond donors (Lipinski definition) is 2. The van der Waals surface area contributed by atoms with Gasteiger partial charge in [-0.25, -0.2) is 8.42 Å². The maximum atomic E-state index is 11.5. The summed E-state index contributed by atoms with van der Waals surface area (Å²) >= 11 is 0. The van der Waals surface area contributed by atoms with Crippen LogP contribution in [0, 0.1) is 0 Å². The minimum atomic E-state index is -2.91. The van der Waals surface area contributed by atoms with Gasteiger partial charge in [0.05, 0.1) is 23.7 Å². The number of sulfone groups is 1. The number of aliphatic hydroxyl groups excluding tert-OH is 1. The predicted molar refractivity (Wildman–Crippen MR) is 79.1 cm³/mol. The topological polar surface area (TPSA) is 83.6 Å². The van der Waals surface area contributed by atoms with Crippen molar-refractivity contribution in [3.63, 3.8) is 0 Å². The molecule has 112 valence electrons. The molecule has 0 bridgehead atoms. The van der Waals surface area contributed by atoms with Gasteiger partial charge >= 0.3 is 0 Å². The Kier molecular flexibility index (Phi) is 4.49. The molecule has 0 saturated carbocycles. The summed E-state index contributed by atoms with van der Waals surface area (Å²) in [6.45, 7) is 0.245. The minimum absolute atomic E-state index is 0.0156. The van der Waals surface area contributed by atoms with Crippen LogP contribution in [0.5, 0.6) is 0 Å². The molecule has 2 unspecified atom stereocenters. The maximum Gasteiger partial charge on any atom is 0.151 e. The summed E-state index contributed by atoms with van der Waals surface area (Å²) in [5.74, 6) is 0.420. The zero-order valence-corrected chi connectivity index (χ0v) is 12.5. The Balaban J connectivity index is 2.10. The first-order valence-corrected chi connectivity index (χ1v) is 8.54. The van der Waals surface area contributed by atoms with E-state index in [1.807, 2.05) is 42.3 Å². The molecule has 0 spiro atoms. The van der Waals surface area contributed by atoms with Gasteiger partial charge in [0.1, 0.15) is 0 Å². The van der Waals surface area contributed by atoms with Gasteiger partial charge in [0, 0.05) is 12.6 Å². The van der Waals surface area contributed by atoms with E-state index in [-0.39, 0.29) is 24.2 Å². The molecule has 3 N–H and O–H groups in total. The summed E-state index contributed by atoms with van der Waals surface area (Å²) < 4.78 is 23.1. The third-order valence-electron chi connectivity index (χ3n) is 3.99. The van der Waals surface area contributed by atoms with Gasteiger partial charge in [-0.1, -0.05) is 30.3 Å². The minimum Gasteiger partial charge on any atom is -0.394 e.